The number of aliphatic hydroxyl groups excluding tert-OH is 1. The molecule has 0 fully saturated rings. The fraction of sp³-hybridized carbons (Fsp3) is 0.242. The average molecular weight is 571 g/mol. The lowest BCUT2D eigenvalue weighted by molar-refractivity contribution is -0.137. The Kier molecular flexibility index (Phi) is 8.26. The second-order valence-electron chi connectivity index (χ2n) is 10.5. The minimum Gasteiger partial charge on any atom is -0.512 e. The number of amides is 2. The Morgan fingerprint density at radius 2 is 1.68 bits per heavy atom. The third-order valence-electron chi connectivity index (χ3n) is 7.62. The van der Waals surface area contributed by atoms with E-state index < -0.39 is 12.0 Å². The molecule has 2 aliphatic carbocycles. The van der Waals surface area contributed by atoms with Gasteiger partial charge in [-0.25, -0.2) is 0 Å². The number of benzene rings is 3. The number of carbonyl (C=O) groups excluding carboxylic acids is 2. The van der Waals surface area contributed by atoms with Crippen molar-refractivity contribution in [1.29, 1.82) is 0 Å². The summed E-state index contributed by atoms with van der Waals surface area (Å²) in [5.41, 5.74) is 7.39. The monoisotopic (exact) mass is 570 g/mol. The maximum absolute atomic E-state index is 13.3. The number of carbonyl (C=O) groups is 3. The van der Waals surface area contributed by atoms with E-state index in [9.17, 15) is 24.6 Å². The molecule has 41 heavy (non-hydrogen) atoms. The van der Waals surface area contributed by atoms with Gasteiger partial charge in [-0.3, -0.25) is 14.4 Å². The van der Waals surface area contributed by atoms with Crippen molar-refractivity contribution in [2.24, 2.45) is 0 Å². The summed E-state index contributed by atoms with van der Waals surface area (Å²) in [5.74, 6) is -1.41. The van der Waals surface area contributed by atoms with E-state index in [0.29, 0.717) is 42.2 Å². The second-order valence-corrected chi connectivity index (χ2v) is 10.9. The molecule has 2 atom stereocenters. The van der Waals surface area contributed by atoms with Crippen molar-refractivity contribution < 1.29 is 24.6 Å². The van der Waals surface area contributed by atoms with Gasteiger partial charge < -0.3 is 20.8 Å². The second kappa shape index (κ2) is 12.0. The molecule has 4 N–H and O–H groups in total. The highest BCUT2D eigenvalue weighted by Crippen LogP contribution is 2.49. The smallest absolute Gasteiger partial charge is 0.303 e. The Morgan fingerprint density at radius 1 is 0.951 bits per heavy atom. The molecule has 0 heterocycles. The number of hydrogen-bond donors (Lipinski definition) is 4. The molecule has 0 spiro atoms. The number of rotatable bonds is 9. The van der Waals surface area contributed by atoms with Gasteiger partial charge in [0.25, 0.3) is 0 Å². The van der Waals surface area contributed by atoms with Gasteiger partial charge in [0.05, 0.1) is 5.76 Å². The first kappa shape index (κ1) is 28.2. The summed E-state index contributed by atoms with van der Waals surface area (Å²) in [7, 11) is 0. The SMILES string of the molecule is CC(=O)NC(CC1=CC=C(O)CC1)C(=O)Nc1ccc2c(c1)C(CCC(=O)O)c1cc(-c3ccccc3Cl)ccc1-2. The quantitative estimate of drug-likeness (QED) is 0.221. The molecule has 2 aliphatic rings. The summed E-state index contributed by atoms with van der Waals surface area (Å²) in [5, 5.41) is 25.5. The van der Waals surface area contributed by atoms with Crippen molar-refractivity contribution in [3.05, 3.63) is 100 Å². The highest BCUT2D eigenvalue weighted by molar-refractivity contribution is 6.33. The minimum atomic E-state index is -0.870. The van der Waals surface area contributed by atoms with Crippen molar-refractivity contribution in [3.8, 4) is 22.3 Å². The molecule has 0 bridgehead atoms. The molecule has 210 valence electrons. The van der Waals surface area contributed by atoms with Gasteiger partial charge >= 0.3 is 5.97 Å². The van der Waals surface area contributed by atoms with Crippen molar-refractivity contribution >= 4 is 35.1 Å². The first-order valence-electron chi connectivity index (χ1n) is 13.6. The zero-order valence-corrected chi connectivity index (χ0v) is 23.4. The molecule has 2 amide bonds. The Balaban J connectivity index is 1.43. The molecule has 8 heteroatoms. The van der Waals surface area contributed by atoms with Crippen LogP contribution < -0.4 is 10.6 Å². The maximum atomic E-state index is 13.3. The Hall–Kier alpha value is -4.36. The van der Waals surface area contributed by atoms with E-state index in [4.69, 9.17) is 11.6 Å². The van der Waals surface area contributed by atoms with Crippen LogP contribution in [-0.2, 0) is 14.4 Å². The third-order valence-corrected chi connectivity index (χ3v) is 7.95. The molecule has 7 nitrogen and oxygen atoms in total. The lowest BCUT2D eigenvalue weighted by Gasteiger charge is -2.21. The van der Waals surface area contributed by atoms with Crippen LogP contribution >= 0.6 is 11.6 Å². The van der Waals surface area contributed by atoms with Gasteiger partial charge in [0.2, 0.25) is 11.8 Å². The summed E-state index contributed by atoms with van der Waals surface area (Å²) >= 11 is 6.47. The third kappa shape index (κ3) is 6.36. The van der Waals surface area contributed by atoms with Crippen LogP contribution in [-0.4, -0.2) is 34.0 Å². The van der Waals surface area contributed by atoms with Crippen molar-refractivity contribution in [2.75, 3.05) is 5.32 Å². The summed E-state index contributed by atoms with van der Waals surface area (Å²) < 4.78 is 0. The number of allylic oxidation sites excluding steroid dienone is 3. The highest BCUT2D eigenvalue weighted by Gasteiger charge is 2.30. The van der Waals surface area contributed by atoms with E-state index in [0.717, 1.165) is 39.0 Å². The topological polar surface area (TPSA) is 116 Å². The standard InChI is InChI=1S/C33H31ClN2O5/c1-19(37)35-31(16-20-6-10-23(38)11-7-20)33(41)36-22-9-13-26-25-12-8-21(24-4-2-3-5-30(24)34)17-28(25)27(29(26)18-22)14-15-32(39)40/h2-6,8-10,12-13,17-18,27,31,38H,7,11,14-16H2,1H3,(H,35,37)(H,36,41)(H,39,40). The molecule has 0 aliphatic heterocycles. The molecule has 3 aromatic rings. The van der Waals surface area contributed by atoms with Gasteiger partial charge in [-0.05, 0) is 77.4 Å². The zero-order chi connectivity index (χ0) is 29.1. The van der Waals surface area contributed by atoms with Gasteiger partial charge in [0.15, 0.2) is 0 Å². The van der Waals surface area contributed by atoms with Crippen LogP contribution in [0.5, 0.6) is 0 Å². The van der Waals surface area contributed by atoms with E-state index in [1.54, 1.807) is 12.2 Å². The summed E-state index contributed by atoms with van der Waals surface area (Å²) in [6.45, 7) is 1.37. The number of halogens is 1. The molecular weight excluding hydrogens is 540 g/mol. The Labute approximate surface area is 243 Å². The van der Waals surface area contributed by atoms with E-state index >= 15 is 0 Å². The highest BCUT2D eigenvalue weighted by atomic mass is 35.5. The van der Waals surface area contributed by atoms with Crippen molar-refractivity contribution in [3.63, 3.8) is 0 Å². The Morgan fingerprint density at radius 3 is 2.37 bits per heavy atom. The maximum Gasteiger partial charge on any atom is 0.303 e. The number of anilines is 1. The number of hydrogen-bond acceptors (Lipinski definition) is 4. The normalized spacial score (nSPS) is 16.1. The predicted molar refractivity (Wildman–Crippen MR) is 160 cm³/mol. The fourth-order valence-electron chi connectivity index (χ4n) is 5.67. The molecule has 3 aromatic carbocycles. The fourth-order valence-corrected chi connectivity index (χ4v) is 5.91. The van der Waals surface area contributed by atoms with Gasteiger partial charge in [0, 0.05) is 42.0 Å². The number of carboxylic acids is 1. The Bertz CT molecular complexity index is 1590. The van der Waals surface area contributed by atoms with Crippen LogP contribution in [0.15, 0.2) is 84.1 Å². The van der Waals surface area contributed by atoms with Gasteiger partial charge in [-0.1, -0.05) is 59.6 Å². The van der Waals surface area contributed by atoms with Crippen LogP contribution in [0.1, 0.15) is 56.1 Å². The zero-order valence-electron chi connectivity index (χ0n) is 22.6. The largest absolute Gasteiger partial charge is 0.512 e. The molecule has 5 rings (SSSR count). The number of aliphatic hydroxyl groups is 1. The van der Waals surface area contributed by atoms with E-state index in [-0.39, 0.29) is 24.2 Å². The molecular formula is C33H31ClN2O5. The van der Waals surface area contributed by atoms with Gasteiger partial charge in [-0.15, -0.1) is 0 Å². The number of fused-ring (bicyclic) bond motifs is 3. The summed E-state index contributed by atoms with van der Waals surface area (Å²) in [6, 6.07) is 18.7. The van der Waals surface area contributed by atoms with Gasteiger partial charge in [-0.2, -0.15) is 0 Å². The first-order chi connectivity index (χ1) is 19.7. The molecule has 0 saturated heterocycles. The first-order valence-corrected chi connectivity index (χ1v) is 14.0. The van der Waals surface area contributed by atoms with Crippen LogP contribution in [0.3, 0.4) is 0 Å². The average Bonchev–Trinajstić information content (AvgIpc) is 3.24. The molecule has 0 radical (unpaired) electrons. The lowest BCUT2D eigenvalue weighted by Crippen LogP contribution is -2.43. The van der Waals surface area contributed by atoms with Crippen molar-refractivity contribution in [2.45, 2.75) is 51.0 Å². The van der Waals surface area contributed by atoms with Gasteiger partial charge in [0.1, 0.15) is 6.04 Å². The summed E-state index contributed by atoms with van der Waals surface area (Å²) in [4.78, 5) is 36.8. The number of carboxylic acid groups (broad SMARTS) is 1. The van der Waals surface area contributed by atoms with Crippen LogP contribution in [0.4, 0.5) is 5.69 Å². The molecule has 0 aromatic heterocycles. The van der Waals surface area contributed by atoms with Crippen molar-refractivity contribution in [1.82, 2.24) is 5.32 Å². The van der Waals surface area contributed by atoms with E-state index in [1.807, 2.05) is 54.6 Å². The van der Waals surface area contributed by atoms with Crippen LogP contribution in [0.25, 0.3) is 22.3 Å². The number of nitrogens with one attached hydrogen (secondary N) is 2. The summed E-state index contributed by atoms with van der Waals surface area (Å²) in [6.07, 6.45) is 5.26. The minimum absolute atomic E-state index is 0.000171. The van der Waals surface area contributed by atoms with Crippen LogP contribution in [0, 0.1) is 0 Å². The predicted octanol–water partition coefficient (Wildman–Crippen LogP) is 6.98. The van der Waals surface area contributed by atoms with E-state index in [1.165, 1.54) is 6.92 Å². The number of aliphatic carboxylic acids is 1. The molecule has 2 unspecified atom stereocenters. The van der Waals surface area contributed by atoms with Crippen LogP contribution in [0.2, 0.25) is 5.02 Å². The van der Waals surface area contributed by atoms with E-state index in [2.05, 4.69) is 16.7 Å². The molecule has 0 saturated carbocycles. The lowest BCUT2D eigenvalue weighted by atomic mass is 9.90.